The van der Waals surface area contributed by atoms with Crippen molar-refractivity contribution < 1.29 is 14.3 Å². The van der Waals surface area contributed by atoms with Crippen LogP contribution in [0.4, 0.5) is 4.79 Å². The zero-order valence-corrected chi connectivity index (χ0v) is 13.1. The minimum Gasteiger partial charge on any atom is -0.426 e. The molecule has 0 saturated heterocycles. The number of ether oxygens (including phenoxy) is 2. The predicted octanol–water partition coefficient (Wildman–Crippen LogP) is 5.31. The van der Waals surface area contributed by atoms with Crippen molar-refractivity contribution in [1.82, 2.24) is 0 Å². The van der Waals surface area contributed by atoms with Gasteiger partial charge >= 0.3 is 6.16 Å². The lowest BCUT2D eigenvalue weighted by atomic mass is 10.1. The van der Waals surface area contributed by atoms with Gasteiger partial charge in [-0.1, -0.05) is 68.8 Å². The molecule has 3 nitrogen and oxygen atoms in total. The second-order valence-electron chi connectivity index (χ2n) is 5.12. The molecule has 0 bridgehead atoms. The van der Waals surface area contributed by atoms with Gasteiger partial charge in [0.2, 0.25) is 0 Å². The van der Waals surface area contributed by atoms with Gasteiger partial charge in [-0.05, 0) is 30.0 Å². The molecule has 0 aliphatic heterocycles. The van der Waals surface area contributed by atoms with Crippen LogP contribution in [0.3, 0.4) is 0 Å². The van der Waals surface area contributed by atoms with Crippen LogP contribution < -0.4 is 4.74 Å². The van der Waals surface area contributed by atoms with Gasteiger partial charge in [-0.25, -0.2) is 4.79 Å². The summed E-state index contributed by atoms with van der Waals surface area (Å²) in [7, 11) is 0. The summed E-state index contributed by atoms with van der Waals surface area (Å²) >= 11 is 0. The van der Waals surface area contributed by atoms with Crippen molar-refractivity contribution in [3.8, 4) is 5.75 Å². The van der Waals surface area contributed by atoms with Gasteiger partial charge in [0.1, 0.15) is 11.9 Å². The highest BCUT2D eigenvalue weighted by Gasteiger charge is 2.18. The van der Waals surface area contributed by atoms with Crippen LogP contribution in [0.25, 0.3) is 0 Å². The largest absolute Gasteiger partial charge is 0.514 e. The molecule has 0 aliphatic carbocycles. The first-order valence-electron chi connectivity index (χ1n) is 7.75. The highest BCUT2D eigenvalue weighted by molar-refractivity contribution is 5.65. The Bertz CT molecular complexity index is 593. The lowest BCUT2D eigenvalue weighted by molar-refractivity contribution is 0.0534. The summed E-state index contributed by atoms with van der Waals surface area (Å²) in [6, 6.07) is 17.3. The van der Waals surface area contributed by atoms with Gasteiger partial charge in [-0.15, -0.1) is 0 Å². The Kier molecular flexibility index (Phi) is 6.01. The second-order valence-corrected chi connectivity index (χ2v) is 5.12. The fourth-order valence-electron chi connectivity index (χ4n) is 2.35. The maximum atomic E-state index is 12.1. The van der Waals surface area contributed by atoms with E-state index in [2.05, 4.69) is 6.92 Å². The molecule has 0 saturated carbocycles. The van der Waals surface area contributed by atoms with Gasteiger partial charge in [0.15, 0.2) is 0 Å². The summed E-state index contributed by atoms with van der Waals surface area (Å²) in [6.07, 6.45) is 1.59. The van der Waals surface area contributed by atoms with Crippen molar-refractivity contribution in [3.05, 3.63) is 65.7 Å². The third-order valence-electron chi connectivity index (χ3n) is 3.51. The number of carbonyl (C=O) groups is 1. The highest BCUT2D eigenvalue weighted by Crippen LogP contribution is 2.25. The van der Waals surface area contributed by atoms with Gasteiger partial charge in [0, 0.05) is 0 Å². The molecule has 0 radical (unpaired) electrons. The maximum absolute atomic E-state index is 12.1. The van der Waals surface area contributed by atoms with Crippen LogP contribution in [0, 0.1) is 0 Å². The average molecular weight is 298 g/mol. The maximum Gasteiger partial charge on any atom is 0.514 e. The van der Waals surface area contributed by atoms with E-state index in [1.807, 2.05) is 55.5 Å². The average Bonchev–Trinajstić information content (AvgIpc) is 2.56. The van der Waals surface area contributed by atoms with Crippen LogP contribution in [-0.4, -0.2) is 6.16 Å². The number of hydrogen-bond acceptors (Lipinski definition) is 3. The number of aryl methyl sites for hydroxylation is 1. The highest BCUT2D eigenvalue weighted by atomic mass is 16.7. The van der Waals surface area contributed by atoms with Crippen LogP contribution in [0.15, 0.2) is 54.6 Å². The van der Waals surface area contributed by atoms with Crippen molar-refractivity contribution in [1.29, 1.82) is 0 Å². The lowest BCUT2D eigenvalue weighted by Gasteiger charge is -2.17. The Morgan fingerprint density at radius 1 is 1.00 bits per heavy atom. The first kappa shape index (κ1) is 16.1. The van der Waals surface area contributed by atoms with Gasteiger partial charge in [0.05, 0.1) is 0 Å². The van der Waals surface area contributed by atoms with Crippen LogP contribution in [0.2, 0.25) is 0 Å². The van der Waals surface area contributed by atoms with Gasteiger partial charge < -0.3 is 9.47 Å². The van der Waals surface area contributed by atoms with Crippen LogP contribution in [0.1, 0.15) is 43.9 Å². The molecule has 2 aromatic rings. The van der Waals surface area contributed by atoms with E-state index in [4.69, 9.17) is 9.47 Å². The molecule has 0 amide bonds. The molecule has 116 valence electrons. The van der Waals surface area contributed by atoms with E-state index in [0.29, 0.717) is 5.75 Å². The molecule has 3 heteroatoms. The van der Waals surface area contributed by atoms with E-state index in [1.54, 1.807) is 6.07 Å². The lowest BCUT2D eigenvalue weighted by Crippen LogP contribution is -2.16. The zero-order valence-electron chi connectivity index (χ0n) is 13.1. The molecular weight excluding hydrogens is 276 g/mol. The number of hydrogen-bond donors (Lipinski definition) is 0. The predicted molar refractivity (Wildman–Crippen MR) is 87.0 cm³/mol. The summed E-state index contributed by atoms with van der Waals surface area (Å²) in [5.74, 6) is 0.568. The molecule has 22 heavy (non-hydrogen) atoms. The van der Waals surface area contributed by atoms with E-state index in [1.165, 1.54) is 0 Å². The Hall–Kier alpha value is -2.29. The van der Waals surface area contributed by atoms with Crippen molar-refractivity contribution >= 4 is 6.16 Å². The third-order valence-corrected chi connectivity index (χ3v) is 3.51. The fourth-order valence-corrected chi connectivity index (χ4v) is 2.35. The molecule has 0 N–H and O–H groups in total. The quantitative estimate of drug-likeness (QED) is 0.536. The topological polar surface area (TPSA) is 35.5 Å². The molecule has 2 aromatic carbocycles. The summed E-state index contributed by atoms with van der Waals surface area (Å²) in [5, 5.41) is 0. The summed E-state index contributed by atoms with van der Waals surface area (Å²) in [5.41, 5.74) is 1.98. The summed E-state index contributed by atoms with van der Waals surface area (Å²) in [4.78, 5) is 12.1. The SMILES string of the molecule is CCCC(OC(=O)Oc1ccccc1CC)c1ccccc1. The van der Waals surface area contributed by atoms with E-state index in [-0.39, 0.29) is 6.10 Å². The van der Waals surface area contributed by atoms with E-state index < -0.39 is 6.16 Å². The first-order valence-corrected chi connectivity index (χ1v) is 7.75. The molecule has 1 unspecified atom stereocenters. The Balaban J connectivity index is 2.05. The molecule has 0 heterocycles. The third kappa shape index (κ3) is 4.35. The smallest absolute Gasteiger partial charge is 0.426 e. The number of carbonyl (C=O) groups excluding carboxylic acids is 1. The molecule has 0 aliphatic rings. The van der Waals surface area contributed by atoms with Crippen LogP contribution in [-0.2, 0) is 11.2 Å². The molecule has 0 aromatic heterocycles. The molecule has 0 spiro atoms. The first-order chi connectivity index (χ1) is 10.7. The van der Waals surface area contributed by atoms with Gasteiger partial charge in [0.25, 0.3) is 0 Å². The van der Waals surface area contributed by atoms with Crippen molar-refractivity contribution in [2.24, 2.45) is 0 Å². The van der Waals surface area contributed by atoms with Crippen LogP contribution >= 0.6 is 0 Å². The van der Waals surface area contributed by atoms with E-state index in [9.17, 15) is 4.79 Å². The second kappa shape index (κ2) is 8.23. The van der Waals surface area contributed by atoms with Gasteiger partial charge in [-0.3, -0.25) is 0 Å². The molecule has 0 fully saturated rings. The summed E-state index contributed by atoms with van der Waals surface area (Å²) < 4.78 is 10.9. The number of rotatable bonds is 6. The van der Waals surface area contributed by atoms with Gasteiger partial charge in [-0.2, -0.15) is 0 Å². The normalized spacial score (nSPS) is 11.7. The fraction of sp³-hybridized carbons (Fsp3) is 0.316. The Labute approximate surface area is 131 Å². The number of para-hydroxylation sites is 1. The van der Waals surface area contributed by atoms with Crippen molar-refractivity contribution in [2.75, 3.05) is 0 Å². The number of benzene rings is 2. The molecule has 2 rings (SSSR count). The Morgan fingerprint density at radius 3 is 2.36 bits per heavy atom. The Morgan fingerprint density at radius 2 is 1.68 bits per heavy atom. The molecule has 1 atom stereocenters. The monoisotopic (exact) mass is 298 g/mol. The van der Waals surface area contributed by atoms with Crippen molar-refractivity contribution in [2.45, 2.75) is 39.2 Å². The van der Waals surface area contributed by atoms with E-state index in [0.717, 1.165) is 30.4 Å². The van der Waals surface area contributed by atoms with Crippen molar-refractivity contribution in [3.63, 3.8) is 0 Å². The zero-order chi connectivity index (χ0) is 15.8. The standard InChI is InChI=1S/C19H22O3/c1-3-10-17(16-12-6-5-7-13-16)21-19(20)22-18-14-9-8-11-15(18)4-2/h5-9,11-14,17H,3-4,10H2,1-2H3. The minimum absolute atomic E-state index is 0.271. The molecular formula is C19H22O3. The van der Waals surface area contributed by atoms with Crippen LogP contribution in [0.5, 0.6) is 5.75 Å². The summed E-state index contributed by atoms with van der Waals surface area (Å²) in [6.45, 7) is 4.09. The minimum atomic E-state index is -0.650. The van der Waals surface area contributed by atoms with E-state index >= 15 is 0 Å².